The van der Waals surface area contributed by atoms with E-state index < -0.39 is 0 Å². The van der Waals surface area contributed by atoms with Gasteiger partial charge in [-0.15, -0.1) is 0 Å². The van der Waals surface area contributed by atoms with Gasteiger partial charge in [0.05, 0.1) is 30.9 Å². The van der Waals surface area contributed by atoms with E-state index in [0.717, 1.165) is 34.0 Å². The Morgan fingerprint density at radius 2 is 1.43 bits per heavy atom. The van der Waals surface area contributed by atoms with Crippen molar-refractivity contribution in [2.75, 3.05) is 26.1 Å². The molecule has 4 heteroatoms. The molecule has 0 atom stereocenters. The Morgan fingerprint density at radius 3 is 2.13 bits per heavy atom. The molecule has 23 heavy (non-hydrogen) atoms. The Labute approximate surface area is 136 Å². The van der Waals surface area contributed by atoms with Crippen molar-refractivity contribution in [3.05, 3.63) is 60.9 Å². The first-order valence-corrected chi connectivity index (χ1v) is 7.43. The molecule has 116 valence electrons. The molecule has 0 saturated heterocycles. The highest BCUT2D eigenvalue weighted by Crippen LogP contribution is 2.32. The summed E-state index contributed by atoms with van der Waals surface area (Å²) in [5.74, 6) is 0.792. The average Bonchev–Trinajstić information content (AvgIpc) is 2.61. The van der Waals surface area contributed by atoms with Crippen LogP contribution in [0.4, 0.5) is 5.69 Å². The summed E-state index contributed by atoms with van der Waals surface area (Å²) in [6.07, 6.45) is 3.56. The lowest BCUT2D eigenvalue weighted by atomic mass is 10.1. The van der Waals surface area contributed by atoms with E-state index in [4.69, 9.17) is 9.72 Å². The molecule has 0 aliphatic heterocycles. The van der Waals surface area contributed by atoms with Gasteiger partial charge in [-0.25, -0.2) is 4.98 Å². The first-order valence-electron chi connectivity index (χ1n) is 7.43. The van der Waals surface area contributed by atoms with Crippen molar-refractivity contribution >= 4 is 5.69 Å². The molecule has 1 heterocycles. The minimum absolute atomic E-state index is 0.792. The van der Waals surface area contributed by atoms with Gasteiger partial charge >= 0.3 is 0 Å². The molecule has 0 unspecified atom stereocenters. The summed E-state index contributed by atoms with van der Waals surface area (Å²) in [4.78, 5) is 11.2. The Morgan fingerprint density at radius 1 is 0.826 bits per heavy atom. The Hall–Kier alpha value is -2.88. The van der Waals surface area contributed by atoms with Crippen LogP contribution in [0.3, 0.4) is 0 Å². The van der Waals surface area contributed by atoms with Crippen LogP contribution in [0, 0.1) is 0 Å². The number of ether oxygens (including phenoxy) is 1. The predicted octanol–water partition coefficient (Wildman–Crippen LogP) is 3.89. The maximum atomic E-state index is 5.43. The van der Waals surface area contributed by atoms with Gasteiger partial charge in [-0.05, 0) is 18.2 Å². The second-order valence-corrected chi connectivity index (χ2v) is 5.40. The third-order valence-electron chi connectivity index (χ3n) is 3.68. The van der Waals surface area contributed by atoms with Gasteiger partial charge in [0, 0.05) is 30.9 Å². The summed E-state index contributed by atoms with van der Waals surface area (Å²) in [7, 11) is 5.71. The Balaban J connectivity index is 2.11. The van der Waals surface area contributed by atoms with Crippen LogP contribution < -0.4 is 9.64 Å². The number of aromatic nitrogens is 2. The zero-order valence-corrected chi connectivity index (χ0v) is 13.5. The Bertz CT molecular complexity index is 815. The smallest absolute Gasteiger partial charge is 0.128 e. The second-order valence-electron chi connectivity index (χ2n) is 5.40. The van der Waals surface area contributed by atoms with Gasteiger partial charge in [-0.2, -0.15) is 0 Å². The van der Waals surface area contributed by atoms with E-state index in [1.807, 2.05) is 50.5 Å². The highest BCUT2D eigenvalue weighted by atomic mass is 16.5. The van der Waals surface area contributed by atoms with E-state index in [9.17, 15) is 0 Å². The van der Waals surface area contributed by atoms with Gasteiger partial charge in [-0.3, -0.25) is 4.98 Å². The van der Waals surface area contributed by atoms with Crippen molar-refractivity contribution in [2.24, 2.45) is 0 Å². The zero-order chi connectivity index (χ0) is 16.2. The molecule has 0 saturated carbocycles. The first kappa shape index (κ1) is 15.0. The largest absolute Gasteiger partial charge is 0.496 e. The van der Waals surface area contributed by atoms with E-state index >= 15 is 0 Å². The zero-order valence-electron chi connectivity index (χ0n) is 13.5. The summed E-state index contributed by atoms with van der Waals surface area (Å²) >= 11 is 0. The normalized spacial score (nSPS) is 10.4. The molecule has 0 aliphatic carbocycles. The topological polar surface area (TPSA) is 38.2 Å². The van der Waals surface area contributed by atoms with Crippen LogP contribution in [-0.4, -0.2) is 31.2 Å². The van der Waals surface area contributed by atoms with E-state index in [-0.39, 0.29) is 0 Å². The van der Waals surface area contributed by atoms with Crippen LogP contribution in [0.2, 0.25) is 0 Å². The van der Waals surface area contributed by atoms with Crippen molar-refractivity contribution in [3.63, 3.8) is 0 Å². The third-order valence-corrected chi connectivity index (χ3v) is 3.68. The number of hydrogen-bond donors (Lipinski definition) is 0. The van der Waals surface area contributed by atoms with Gasteiger partial charge in [0.2, 0.25) is 0 Å². The minimum atomic E-state index is 0.792. The maximum Gasteiger partial charge on any atom is 0.128 e. The number of rotatable bonds is 4. The molecule has 1 aromatic heterocycles. The lowest BCUT2D eigenvalue weighted by molar-refractivity contribution is 0.416. The molecule has 4 nitrogen and oxygen atoms in total. The molecule has 3 aromatic rings. The number of anilines is 1. The summed E-state index contributed by atoms with van der Waals surface area (Å²) in [6.45, 7) is 0. The molecule has 0 aliphatic rings. The van der Waals surface area contributed by atoms with Crippen molar-refractivity contribution in [1.82, 2.24) is 9.97 Å². The molecule has 0 spiro atoms. The van der Waals surface area contributed by atoms with Gasteiger partial charge in [0.1, 0.15) is 5.75 Å². The number of hydrogen-bond acceptors (Lipinski definition) is 4. The molecule has 2 aromatic carbocycles. The lowest BCUT2D eigenvalue weighted by Gasteiger charge is -2.17. The molecule has 3 rings (SSSR count). The number of methoxy groups -OCH3 is 1. The quantitative estimate of drug-likeness (QED) is 0.733. The van der Waals surface area contributed by atoms with Crippen molar-refractivity contribution < 1.29 is 4.74 Å². The molecule has 0 amide bonds. The fraction of sp³-hybridized carbons (Fsp3) is 0.158. The summed E-state index contributed by atoms with van der Waals surface area (Å²) in [5, 5.41) is 0. The van der Waals surface area contributed by atoms with Crippen molar-refractivity contribution in [3.8, 4) is 28.3 Å². The Kier molecular flexibility index (Phi) is 4.24. The minimum Gasteiger partial charge on any atom is -0.496 e. The standard InChI is InChI=1S/C19H19N3O/c1-22(2)18-10-6-4-8-14(18)16-12-20-13-17(21-16)15-9-5-7-11-19(15)23-3/h4-13H,1-3H3. The molecule has 0 bridgehead atoms. The van der Waals surface area contributed by atoms with Crippen LogP contribution in [-0.2, 0) is 0 Å². The fourth-order valence-electron chi connectivity index (χ4n) is 2.56. The van der Waals surface area contributed by atoms with Crippen LogP contribution >= 0.6 is 0 Å². The average molecular weight is 305 g/mol. The fourth-order valence-corrected chi connectivity index (χ4v) is 2.56. The summed E-state index contributed by atoms with van der Waals surface area (Å²) < 4.78 is 5.43. The third kappa shape index (κ3) is 3.01. The van der Waals surface area contributed by atoms with E-state index in [2.05, 4.69) is 22.0 Å². The highest BCUT2D eigenvalue weighted by Gasteiger charge is 2.11. The van der Waals surface area contributed by atoms with Crippen LogP contribution in [0.5, 0.6) is 5.75 Å². The van der Waals surface area contributed by atoms with Gasteiger partial charge in [-0.1, -0.05) is 30.3 Å². The van der Waals surface area contributed by atoms with Crippen LogP contribution in [0.15, 0.2) is 60.9 Å². The van der Waals surface area contributed by atoms with E-state index in [1.54, 1.807) is 19.5 Å². The van der Waals surface area contributed by atoms with Crippen LogP contribution in [0.1, 0.15) is 0 Å². The lowest BCUT2D eigenvalue weighted by Crippen LogP contribution is -2.10. The molecule has 0 N–H and O–H groups in total. The van der Waals surface area contributed by atoms with Crippen LogP contribution in [0.25, 0.3) is 22.5 Å². The summed E-state index contributed by atoms with van der Waals surface area (Å²) in [5.41, 5.74) is 4.75. The SMILES string of the molecule is COc1ccccc1-c1cncc(-c2ccccc2N(C)C)n1. The summed E-state index contributed by atoms with van der Waals surface area (Å²) in [6, 6.07) is 16.0. The van der Waals surface area contributed by atoms with Crippen molar-refractivity contribution in [2.45, 2.75) is 0 Å². The molecule has 0 fully saturated rings. The predicted molar refractivity (Wildman–Crippen MR) is 93.8 cm³/mol. The number of nitrogens with zero attached hydrogens (tertiary/aromatic N) is 3. The van der Waals surface area contributed by atoms with E-state index in [0.29, 0.717) is 0 Å². The highest BCUT2D eigenvalue weighted by molar-refractivity contribution is 5.77. The number of benzene rings is 2. The second kappa shape index (κ2) is 6.48. The van der Waals surface area contributed by atoms with E-state index in [1.165, 1.54) is 0 Å². The van der Waals surface area contributed by atoms with Crippen molar-refractivity contribution in [1.29, 1.82) is 0 Å². The maximum absolute atomic E-state index is 5.43. The monoisotopic (exact) mass is 305 g/mol. The molecular weight excluding hydrogens is 286 g/mol. The molecular formula is C19H19N3O. The number of para-hydroxylation sites is 2. The first-order chi connectivity index (χ1) is 11.2. The van der Waals surface area contributed by atoms with Gasteiger partial charge in [0.15, 0.2) is 0 Å². The van der Waals surface area contributed by atoms with Gasteiger partial charge in [0.25, 0.3) is 0 Å². The molecule has 0 radical (unpaired) electrons. The van der Waals surface area contributed by atoms with Gasteiger partial charge < -0.3 is 9.64 Å².